The first-order valence-corrected chi connectivity index (χ1v) is 23.0. The second kappa shape index (κ2) is 15.7. The van der Waals surface area contributed by atoms with Crippen molar-refractivity contribution in [2.24, 2.45) is 0 Å². The van der Waals surface area contributed by atoms with Crippen molar-refractivity contribution in [3.63, 3.8) is 0 Å². The summed E-state index contributed by atoms with van der Waals surface area (Å²) in [6.07, 6.45) is 0. The molecule has 11 aromatic carbocycles. The molecule has 0 aromatic heterocycles. The van der Waals surface area contributed by atoms with Gasteiger partial charge in [-0.05, 0) is 132 Å². The highest BCUT2D eigenvalue weighted by Crippen LogP contribution is 2.53. The molecule has 310 valence electrons. The molecule has 2 aliphatic carbocycles. The number of hydrogen-bond donors (Lipinski definition) is 0. The van der Waals surface area contributed by atoms with Crippen LogP contribution in [-0.4, -0.2) is 0 Å². The lowest BCUT2D eigenvalue weighted by molar-refractivity contribution is 1.01. The number of fused-ring (bicyclic) bond motifs is 9. The Morgan fingerprint density at radius 3 is 1.27 bits per heavy atom. The van der Waals surface area contributed by atoms with Gasteiger partial charge in [0.05, 0.1) is 5.69 Å². The van der Waals surface area contributed by atoms with Crippen LogP contribution in [0.25, 0.3) is 43.8 Å². The van der Waals surface area contributed by atoms with Crippen LogP contribution in [0.3, 0.4) is 0 Å². The molecule has 0 N–H and O–H groups in total. The van der Waals surface area contributed by atoms with Crippen molar-refractivity contribution < 1.29 is 0 Å². The van der Waals surface area contributed by atoms with Gasteiger partial charge in [-0.2, -0.15) is 0 Å². The maximum absolute atomic E-state index is 2.49. The number of benzene rings is 11. The van der Waals surface area contributed by atoms with Crippen molar-refractivity contribution in [1.82, 2.24) is 0 Å². The van der Waals surface area contributed by atoms with Gasteiger partial charge in [-0.25, -0.2) is 0 Å². The molecule has 0 bridgehead atoms. The second-order valence-corrected chi connectivity index (χ2v) is 17.6. The van der Waals surface area contributed by atoms with Crippen LogP contribution in [0.4, 0.5) is 34.1 Å². The molecule has 0 radical (unpaired) electrons. The van der Waals surface area contributed by atoms with Gasteiger partial charge < -0.3 is 9.80 Å². The Bertz CT molecular complexity index is 3600. The Morgan fingerprint density at radius 2 is 0.697 bits per heavy atom. The Morgan fingerprint density at radius 1 is 0.242 bits per heavy atom. The summed E-state index contributed by atoms with van der Waals surface area (Å²) in [7, 11) is 0. The van der Waals surface area contributed by atoms with Crippen molar-refractivity contribution in [3.05, 3.63) is 288 Å². The van der Waals surface area contributed by atoms with Gasteiger partial charge in [0.1, 0.15) is 0 Å². The van der Waals surface area contributed by atoms with E-state index in [-0.39, 0.29) is 11.8 Å². The summed E-state index contributed by atoms with van der Waals surface area (Å²) in [6, 6.07) is 94.2. The Hall–Kier alpha value is -8.46. The van der Waals surface area contributed by atoms with Crippen LogP contribution >= 0.6 is 0 Å². The zero-order valence-corrected chi connectivity index (χ0v) is 36.3. The Balaban J connectivity index is 1.06. The number of rotatable bonds is 8. The lowest BCUT2D eigenvalue weighted by Gasteiger charge is -2.31. The van der Waals surface area contributed by atoms with E-state index in [1.54, 1.807) is 0 Å². The molecule has 0 amide bonds. The predicted molar refractivity (Wildman–Crippen MR) is 276 cm³/mol. The molecular formula is C64H44N2. The zero-order valence-electron chi connectivity index (χ0n) is 36.3. The van der Waals surface area contributed by atoms with E-state index in [0.29, 0.717) is 0 Å². The molecule has 0 fully saturated rings. The summed E-state index contributed by atoms with van der Waals surface area (Å²) < 4.78 is 0. The summed E-state index contributed by atoms with van der Waals surface area (Å²) >= 11 is 0. The monoisotopic (exact) mass is 840 g/mol. The van der Waals surface area contributed by atoms with E-state index in [1.807, 2.05) is 0 Å². The standard InChI is InChI=1S/C64H44N2/c1-5-20-44(21-6-1)63-57-31-17-15-29-52(57)54-37-34-48(39-60(54)63)65(46-24-9-3-10-25-46)50-41-59-51-28-14-13-19-43(51)33-36-56(59)62(42-50)66(47-26-11-4-12-27-47)49-35-38-55-53-30-16-18-32-58(53)64(61(55)40-49)45-22-7-2-8-23-45/h1-42,63-64H. The molecule has 2 unspecified atom stereocenters. The van der Waals surface area contributed by atoms with Crippen LogP contribution in [0, 0.1) is 0 Å². The van der Waals surface area contributed by atoms with Gasteiger partial charge in [-0.15, -0.1) is 0 Å². The maximum Gasteiger partial charge on any atom is 0.0561 e. The van der Waals surface area contributed by atoms with Crippen LogP contribution in [0.2, 0.25) is 0 Å². The van der Waals surface area contributed by atoms with Crippen molar-refractivity contribution in [2.75, 3.05) is 9.80 Å². The molecule has 2 heteroatoms. The van der Waals surface area contributed by atoms with Crippen LogP contribution < -0.4 is 9.80 Å². The minimum Gasteiger partial charge on any atom is -0.310 e. The molecule has 0 spiro atoms. The average molecular weight is 841 g/mol. The fraction of sp³-hybridized carbons (Fsp3) is 0.0312. The summed E-state index contributed by atoms with van der Waals surface area (Å²) in [4.78, 5) is 4.95. The highest BCUT2D eigenvalue weighted by molar-refractivity contribution is 6.14. The van der Waals surface area contributed by atoms with Crippen molar-refractivity contribution >= 4 is 55.7 Å². The molecule has 2 nitrogen and oxygen atoms in total. The predicted octanol–water partition coefficient (Wildman–Crippen LogP) is 17.3. The first-order chi connectivity index (χ1) is 32.8. The number of hydrogen-bond acceptors (Lipinski definition) is 2. The minimum atomic E-state index is 0.126. The van der Waals surface area contributed by atoms with Gasteiger partial charge in [0.15, 0.2) is 0 Å². The third-order valence-electron chi connectivity index (χ3n) is 13.9. The van der Waals surface area contributed by atoms with Crippen molar-refractivity contribution in [2.45, 2.75) is 11.8 Å². The number of para-hydroxylation sites is 2. The summed E-state index contributed by atoms with van der Waals surface area (Å²) in [5.41, 5.74) is 19.8. The maximum atomic E-state index is 2.49. The topological polar surface area (TPSA) is 6.48 Å². The molecule has 2 aliphatic rings. The van der Waals surface area contributed by atoms with E-state index in [4.69, 9.17) is 0 Å². The molecule has 0 heterocycles. The van der Waals surface area contributed by atoms with Gasteiger partial charge >= 0.3 is 0 Å². The first-order valence-electron chi connectivity index (χ1n) is 23.0. The highest BCUT2D eigenvalue weighted by Gasteiger charge is 2.33. The minimum absolute atomic E-state index is 0.126. The Kier molecular flexibility index (Phi) is 9.02. The van der Waals surface area contributed by atoms with Gasteiger partial charge in [0, 0.05) is 45.7 Å². The Labute approximate surface area is 385 Å². The van der Waals surface area contributed by atoms with E-state index in [1.165, 1.54) is 77.2 Å². The lowest BCUT2D eigenvalue weighted by atomic mass is 9.89. The third kappa shape index (κ3) is 6.18. The molecule has 11 aromatic rings. The summed E-state index contributed by atoms with van der Waals surface area (Å²) in [6.45, 7) is 0. The van der Waals surface area contributed by atoms with E-state index >= 15 is 0 Å². The second-order valence-electron chi connectivity index (χ2n) is 17.6. The van der Waals surface area contributed by atoms with Gasteiger partial charge in [-0.1, -0.05) is 194 Å². The van der Waals surface area contributed by atoms with Crippen molar-refractivity contribution in [3.8, 4) is 22.3 Å². The quantitative estimate of drug-likeness (QED) is 0.141. The molecule has 0 saturated carbocycles. The molecule has 66 heavy (non-hydrogen) atoms. The van der Waals surface area contributed by atoms with E-state index in [2.05, 4.69) is 265 Å². The van der Waals surface area contributed by atoms with Gasteiger partial charge in [0.2, 0.25) is 0 Å². The summed E-state index contributed by atoms with van der Waals surface area (Å²) in [5.74, 6) is 0.256. The zero-order chi connectivity index (χ0) is 43.6. The van der Waals surface area contributed by atoms with Crippen molar-refractivity contribution in [1.29, 1.82) is 0 Å². The summed E-state index contributed by atoms with van der Waals surface area (Å²) in [5, 5.41) is 4.83. The first kappa shape index (κ1) is 38.0. The SMILES string of the molecule is c1ccc(C2c3ccccc3-c3ccc(N(c4ccccc4)c4cc(N(c5ccccc5)c5ccc6c(c5)C(c5ccccc5)c5ccccc5-6)c5ccc6ccccc6c5c4)cc32)cc1. The highest BCUT2D eigenvalue weighted by atomic mass is 15.2. The average Bonchev–Trinajstić information content (AvgIpc) is 3.90. The van der Waals surface area contributed by atoms with E-state index in [9.17, 15) is 0 Å². The van der Waals surface area contributed by atoms with Crippen LogP contribution in [0.5, 0.6) is 0 Å². The van der Waals surface area contributed by atoms with Crippen LogP contribution in [-0.2, 0) is 0 Å². The molecule has 0 saturated heterocycles. The third-order valence-corrected chi connectivity index (χ3v) is 13.9. The van der Waals surface area contributed by atoms with Gasteiger partial charge in [-0.3, -0.25) is 0 Å². The molecule has 0 aliphatic heterocycles. The fourth-order valence-corrected chi connectivity index (χ4v) is 11.1. The normalized spacial score (nSPS) is 14.4. The number of nitrogens with zero attached hydrogens (tertiary/aromatic N) is 2. The smallest absolute Gasteiger partial charge is 0.0561 e. The molecule has 2 atom stereocenters. The van der Waals surface area contributed by atoms with E-state index in [0.717, 1.165) is 34.1 Å². The fourth-order valence-electron chi connectivity index (χ4n) is 11.1. The van der Waals surface area contributed by atoms with Gasteiger partial charge in [0.25, 0.3) is 0 Å². The van der Waals surface area contributed by atoms with Crippen LogP contribution in [0.1, 0.15) is 45.2 Å². The number of anilines is 6. The van der Waals surface area contributed by atoms with E-state index < -0.39 is 0 Å². The largest absolute Gasteiger partial charge is 0.310 e. The van der Waals surface area contributed by atoms with Crippen LogP contribution in [0.15, 0.2) is 255 Å². The molecule has 13 rings (SSSR count). The lowest BCUT2D eigenvalue weighted by Crippen LogP contribution is -2.14. The molecular weight excluding hydrogens is 797 g/mol.